The Bertz CT molecular complexity index is 2550. The van der Waals surface area contributed by atoms with Gasteiger partial charge in [0.1, 0.15) is 22.3 Å². The molecule has 0 aliphatic carbocycles. The van der Waals surface area contributed by atoms with E-state index in [9.17, 15) is 0 Å². The minimum absolute atomic E-state index is 0. The van der Waals surface area contributed by atoms with Crippen molar-refractivity contribution in [3.8, 4) is 33.6 Å². The molecule has 241 valence electrons. The van der Waals surface area contributed by atoms with Crippen LogP contribution in [0.25, 0.3) is 77.5 Å². The second-order valence-corrected chi connectivity index (χ2v) is 17.9. The number of hydrogen-bond acceptors (Lipinski definition) is 4. The molecule has 5 aromatic carbocycles. The van der Waals surface area contributed by atoms with E-state index in [0.717, 1.165) is 72.0 Å². The molecule has 9 aromatic rings. The average molecular weight is 829 g/mol. The van der Waals surface area contributed by atoms with E-state index < -0.39 is 8.07 Å². The van der Waals surface area contributed by atoms with Crippen LogP contribution in [0.2, 0.25) is 19.6 Å². The van der Waals surface area contributed by atoms with Crippen molar-refractivity contribution in [3.05, 3.63) is 152 Å². The van der Waals surface area contributed by atoms with Crippen molar-refractivity contribution in [1.82, 2.24) is 9.97 Å². The molecule has 0 aliphatic rings. The predicted molar refractivity (Wildman–Crippen MR) is 200 cm³/mol. The number of hydrogen-bond donors (Lipinski definition) is 0. The van der Waals surface area contributed by atoms with E-state index in [1.54, 1.807) is 0 Å². The number of benzene rings is 5. The normalized spacial score (nSPS) is 11.4. The van der Waals surface area contributed by atoms with Crippen molar-refractivity contribution in [2.24, 2.45) is 0 Å². The Morgan fingerprint density at radius 3 is 1.92 bits per heavy atom. The van der Waals surface area contributed by atoms with Gasteiger partial charge < -0.3 is 18.8 Å². The summed E-state index contributed by atoms with van der Waals surface area (Å²) in [4.78, 5) is 9.25. The van der Waals surface area contributed by atoms with Gasteiger partial charge in [0.15, 0.2) is 0 Å². The first-order valence-corrected chi connectivity index (χ1v) is 19.6. The maximum atomic E-state index is 6.25. The molecule has 0 N–H and O–H groups in total. The molecule has 0 saturated carbocycles. The quantitative estimate of drug-likeness (QED) is 0.131. The van der Waals surface area contributed by atoms with Gasteiger partial charge >= 0.3 is 0 Å². The number of nitrogens with zero attached hydrogens (tertiary/aromatic N) is 2. The molecule has 0 spiro atoms. The smallest absolute Gasteiger partial charge is 0.135 e. The summed E-state index contributed by atoms with van der Waals surface area (Å²) in [5, 5.41) is 5.74. The molecule has 0 amide bonds. The molecular formula is C43H32IrN2O2Si-2. The molecule has 0 fully saturated rings. The SMILES string of the molecule is C[Si](C)(C)c1cccc2c1oc1cc(-c3[c-]cccc3)ncc12.[Ir].[c-]1ccc(-c2ccccc2)cc1-c1cc2oc3ccccc3c2cn1. The molecule has 0 unspecified atom stereocenters. The van der Waals surface area contributed by atoms with Crippen LogP contribution in [-0.2, 0) is 20.1 Å². The molecule has 6 heteroatoms. The zero-order valence-electron chi connectivity index (χ0n) is 27.3. The maximum absolute atomic E-state index is 6.25. The summed E-state index contributed by atoms with van der Waals surface area (Å²) in [5.74, 6) is 0. The first kappa shape index (κ1) is 32.4. The van der Waals surface area contributed by atoms with Crippen molar-refractivity contribution in [3.63, 3.8) is 0 Å². The van der Waals surface area contributed by atoms with Crippen LogP contribution in [0.3, 0.4) is 0 Å². The molecule has 0 aliphatic heterocycles. The van der Waals surface area contributed by atoms with Crippen LogP contribution >= 0.6 is 0 Å². The van der Waals surface area contributed by atoms with Gasteiger partial charge in [-0.15, -0.1) is 71.3 Å². The number of rotatable bonds is 4. The Labute approximate surface area is 299 Å². The summed E-state index contributed by atoms with van der Waals surface area (Å²) in [6.07, 6.45) is 3.81. The van der Waals surface area contributed by atoms with Crippen LogP contribution in [-0.4, -0.2) is 18.0 Å². The molecule has 4 heterocycles. The van der Waals surface area contributed by atoms with Crippen molar-refractivity contribution in [2.75, 3.05) is 0 Å². The van der Waals surface area contributed by atoms with Gasteiger partial charge in [0, 0.05) is 54.0 Å². The Hall–Kier alpha value is -5.13. The summed E-state index contributed by atoms with van der Waals surface area (Å²) in [6, 6.07) is 49.4. The summed E-state index contributed by atoms with van der Waals surface area (Å²) in [7, 11) is -1.46. The predicted octanol–water partition coefficient (Wildman–Crippen LogP) is 11.1. The standard InChI is InChI=1S/C23H14NO.C20H18NOSi.Ir/c1-2-7-16(8-3-1)17-9-6-10-18(13-17)21-14-23-20(15-24-21)19-11-4-5-12-22(19)25-23;1-23(2,3)19-11-7-10-15-16-13-21-17(12-18(16)22-20(15)19)14-8-5-4-6-9-14;/h1-9,11-15H;4-8,10-13H,1-3H3;/q2*-1;. The number of para-hydroxylation sites is 2. The van der Waals surface area contributed by atoms with Crippen LogP contribution in [0.15, 0.2) is 149 Å². The molecule has 4 aromatic heterocycles. The van der Waals surface area contributed by atoms with Gasteiger partial charge in [0.2, 0.25) is 0 Å². The molecular weight excluding hydrogens is 797 g/mol. The van der Waals surface area contributed by atoms with Gasteiger partial charge in [-0.05, 0) is 40.3 Å². The third-order valence-corrected chi connectivity index (χ3v) is 10.6. The van der Waals surface area contributed by atoms with Gasteiger partial charge in [-0.2, -0.15) is 0 Å². The third-order valence-electron chi connectivity index (χ3n) is 8.62. The fourth-order valence-electron chi connectivity index (χ4n) is 6.18. The van der Waals surface area contributed by atoms with Crippen LogP contribution in [0, 0.1) is 12.1 Å². The number of pyridine rings is 2. The topological polar surface area (TPSA) is 52.1 Å². The molecule has 49 heavy (non-hydrogen) atoms. The minimum Gasteiger partial charge on any atom is -0.457 e. The zero-order chi connectivity index (χ0) is 32.7. The first-order chi connectivity index (χ1) is 23.4. The fourth-order valence-corrected chi connectivity index (χ4v) is 7.64. The molecule has 9 rings (SSSR count). The summed E-state index contributed by atoms with van der Waals surface area (Å²) >= 11 is 0. The van der Waals surface area contributed by atoms with Crippen LogP contribution in [0.1, 0.15) is 0 Å². The number of fused-ring (bicyclic) bond motifs is 6. The van der Waals surface area contributed by atoms with E-state index in [-0.39, 0.29) is 20.1 Å². The zero-order valence-corrected chi connectivity index (χ0v) is 30.7. The van der Waals surface area contributed by atoms with Gasteiger partial charge in [-0.1, -0.05) is 86.4 Å². The van der Waals surface area contributed by atoms with E-state index in [0.29, 0.717) is 0 Å². The second kappa shape index (κ2) is 13.4. The largest absolute Gasteiger partial charge is 0.457 e. The van der Waals surface area contributed by atoms with Gasteiger partial charge in [-0.3, -0.25) is 0 Å². The average Bonchev–Trinajstić information content (AvgIpc) is 3.70. The summed E-state index contributed by atoms with van der Waals surface area (Å²) < 4.78 is 12.2. The molecule has 1 radical (unpaired) electrons. The Balaban J connectivity index is 0.000000152. The summed E-state index contributed by atoms with van der Waals surface area (Å²) in [5.41, 5.74) is 9.71. The molecule has 0 atom stereocenters. The van der Waals surface area contributed by atoms with E-state index in [4.69, 9.17) is 8.83 Å². The van der Waals surface area contributed by atoms with Crippen molar-refractivity contribution in [2.45, 2.75) is 19.6 Å². The monoisotopic (exact) mass is 829 g/mol. The summed E-state index contributed by atoms with van der Waals surface area (Å²) in [6.45, 7) is 7.03. The first-order valence-electron chi connectivity index (χ1n) is 16.1. The second-order valence-electron chi connectivity index (χ2n) is 12.9. The Morgan fingerprint density at radius 1 is 0.510 bits per heavy atom. The minimum atomic E-state index is -1.46. The van der Waals surface area contributed by atoms with Crippen LogP contribution < -0.4 is 5.19 Å². The van der Waals surface area contributed by atoms with E-state index in [1.165, 1.54) is 10.8 Å². The maximum Gasteiger partial charge on any atom is 0.135 e. The van der Waals surface area contributed by atoms with Crippen molar-refractivity contribution < 1.29 is 28.9 Å². The third kappa shape index (κ3) is 6.39. The van der Waals surface area contributed by atoms with E-state index in [1.807, 2.05) is 91.3 Å². The molecule has 0 saturated heterocycles. The molecule has 4 nitrogen and oxygen atoms in total. The van der Waals surface area contributed by atoms with E-state index in [2.05, 4.69) is 90.3 Å². The molecule has 0 bridgehead atoms. The van der Waals surface area contributed by atoms with Gasteiger partial charge in [0.25, 0.3) is 0 Å². The fraction of sp³-hybridized carbons (Fsp3) is 0.0698. The number of furan rings is 2. The van der Waals surface area contributed by atoms with E-state index >= 15 is 0 Å². The van der Waals surface area contributed by atoms with Crippen molar-refractivity contribution >= 4 is 57.1 Å². The van der Waals surface area contributed by atoms with Crippen LogP contribution in [0.5, 0.6) is 0 Å². The Kier molecular flexibility index (Phi) is 8.87. The number of aromatic nitrogens is 2. The van der Waals surface area contributed by atoms with Gasteiger partial charge in [-0.25, -0.2) is 0 Å². The van der Waals surface area contributed by atoms with Crippen molar-refractivity contribution in [1.29, 1.82) is 0 Å². The Morgan fingerprint density at radius 2 is 1.16 bits per heavy atom. The van der Waals surface area contributed by atoms with Crippen LogP contribution in [0.4, 0.5) is 0 Å². The van der Waals surface area contributed by atoms with Gasteiger partial charge in [0.05, 0.1) is 8.07 Å².